The highest BCUT2D eigenvalue weighted by Gasteiger charge is 2.27. The zero-order chi connectivity index (χ0) is 12.3. The van der Waals surface area contributed by atoms with Gasteiger partial charge in [-0.1, -0.05) is 23.7 Å². The fourth-order valence-corrected chi connectivity index (χ4v) is 2.61. The van der Waals surface area contributed by atoms with Gasteiger partial charge in [0.1, 0.15) is 0 Å². The molecule has 1 aromatic rings. The Morgan fingerprint density at radius 2 is 2.12 bits per heavy atom. The van der Waals surface area contributed by atoms with Crippen LogP contribution in [-0.2, 0) is 4.79 Å². The summed E-state index contributed by atoms with van der Waals surface area (Å²) in [5, 5.41) is 13.0. The smallest absolute Gasteiger partial charge is 0.303 e. The Morgan fingerprint density at radius 3 is 2.76 bits per heavy atom. The molecule has 3 nitrogen and oxygen atoms in total. The van der Waals surface area contributed by atoms with Crippen LogP contribution in [0.4, 0.5) is 0 Å². The van der Waals surface area contributed by atoms with Crippen LogP contribution < -0.4 is 5.32 Å². The van der Waals surface area contributed by atoms with Crippen LogP contribution in [0.25, 0.3) is 0 Å². The van der Waals surface area contributed by atoms with E-state index in [9.17, 15) is 4.79 Å². The molecule has 1 saturated heterocycles. The van der Waals surface area contributed by atoms with Gasteiger partial charge >= 0.3 is 5.97 Å². The molecule has 1 heterocycles. The molecule has 0 amide bonds. The molecule has 0 saturated carbocycles. The Kier molecular flexibility index (Phi) is 4.02. The van der Waals surface area contributed by atoms with Crippen molar-refractivity contribution in [3.8, 4) is 0 Å². The van der Waals surface area contributed by atoms with E-state index in [0.717, 1.165) is 19.5 Å². The number of benzene rings is 1. The van der Waals surface area contributed by atoms with E-state index < -0.39 is 5.97 Å². The van der Waals surface area contributed by atoms with E-state index in [1.165, 1.54) is 5.56 Å². The van der Waals surface area contributed by atoms with Crippen LogP contribution in [0.2, 0.25) is 5.02 Å². The summed E-state index contributed by atoms with van der Waals surface area (Å²) < 4.78 is 0. The quantitative estimate of drug-likeness (QED) is 0.870. The molecule has 92 valence electrons. The minimum absolute atomic E-state index is 0.218. The molecule has 2 N–H and O–H groups in total. The van der Waals surface area contributed by atoms with E-state index in [-0.39, 0.29) is 18.3 Å². The highest BCUT2D eigenvalue weighted by molar-refractivity contribution is 6.30. The predicted octanol–water partition coefficient (Wildman–Crippen LogP) is 2.51. The Balaban J connectivity index is 2.15. The largest absolute Gasteiger partial charge is 0.481 e. The van der Waals surface area contributed by atoms with Crippen molar-refractivity contribution in [2.75, 3.05) is 13.1 Å². The number of aliphatic carboxylic acids is 1. The summed E-state index contributed by atoms with van der Waals surface area (Å²) >= 11 is 5.86. The zero-order valence-corrected chi connectivity index (χ0v) is 10.3. The molecule has 0 spiro atoms. The second kappa shape index (κ2) is 5.52. The minimum atomic E-state index is -0.712. The van der Waals surface area contributed by atoms with Crippen LogP contribution in [-0.4, -0.2) is 24.2 Å². The van der Waals surface area contributed by atoms with Gasteiger partial charge in [-0.15, -0.1) is 0 Å². The topological polar surface area (TPSA) is 49.3 Å². The lowest BCUT2D eigenvalue weighted by molar-refractivity contribution is -0.138. The van der Waals surface area contributed by atoms with Gasteiger partial charge in [-0.05, 0) is 42.5 Å². The SMILES string of the molecule is O=C(O)CC1CCNCC1c1ccc(Cl)cc1. The fourth-order valence-electron chi connectivity index (χ4n) is 2.48. The minimum Gasteiger partial charge on any atom is -0.481 e. The Hall–Kier alpha value is -1.06. The lowest BCUT2D eigenvalue weighted by Crippen LogP contribution is -2.36. The van der Waals surface area contributed by atoms with Crippen molar-refractivity contribution in [2.24, 2.45) is 5.92 Å². The monoisotopic (exact) mass is 253 g/mol. The second-order valence-electron chi connectivity index (χ2n) is 4.51. The highest BCUT2D eigenvalue weighted by Crippen LogP contribution is 2.32. The lowest BCUT2D eigenvalue weighted by atomic mass is 9.79. The molecule has 17 heavy (non-hydrogen) atoms. The Bertz CT molecular complexity index is 391. The van der Waals surface area contributed by atoms with Gasteiger partial charge in [0.25, 0.3) is 0 Å². The summed E-state index contributed by atoms with van der Waals surface area (Å²) in [4.78, 5) is 10.9. The van der Waals surface area contributed by atoms with Gasteiger partial charge in [0, 0.05) is 18.0 Å². The number of carboxylic acids is 1. The molecular formula is C13H16ClNO2. The molecule has 1 fully saturated rings. The summed E-state index contributed by atoms with van der Waals surface area (Å²) in [6.45, 7) is 1.75. The summed E-state index contributed by atoms with van der Waals surface area (Å²) in [7, 11) is 0. The van der Waals surface area contributed by atoms with Gasteiger partial charge in [-0.3, -0.25) is 4.79 Å². The lowest BCUT2D eigenvalue weighted by Gasteiger charge is -2.31. The van der Waals surface area contributed by atoms with Gasteiger partial charge in [0.05, 0.1) is 0 Å². The molecule has 2 rings (SSSR count). The first-order valence-corrected chi connectivity index (χ1v) is 6.22. The molecule has 2 unspecified atom stereocenters. The zero-order valence-electron chi connectivity index (χ0n) is 9.53. The van der Waals surface area contributed by atoms with E-state index in [2.05, 4.69) is 5.32 Å². The number of hydrogen-bond acceptors (Lipinski definition) is 2. The van der Waals surface area contributed by atoms with E-state index in [0.29, 0.717) is 5.02 Å². The first-order valence-electron chi connectivity index (χ1n) is 5.85. The van der Waals surface area contributed by atoms with Crippen LogP contribution in [0, 0.1) is 5.92 Å². The first kappa shape index (κ1) is 12.4. The fraction of sp³-hybridized carbons (Fsp3) is 0.462. The molecule has 0 bridgehead atoms. The number of rotatable bonds is 3. The third-order valence-electron chi connectivity index (χ3n) is 3.36. The van der Waals surface area contributed by atoms with Crippen molar-refractivity contribution in [3.63, 3.8) is 0 Å². The van der Waals surface area contributed by atoms with E-state index in [1.54, 1.807) is 0 Å². The molecule has 2 atom stereocenters. The molecule has 4 heteroatoms. The van der Waals surface area contributed by atoms with Crippen LogP contribution in [0.15, 0.2) is 24.3 Å². The van der Waals surface area contributed by atoms with Gasteiger partial charge in [0.2, 0.25) is 0 Å². The third kappa shape index (κ3) is 3.20. The summed E-state index contributed by atoms with van der Waals surface area (Å²) in [5.74, 6) is -0.220. The first-order chi connectivity index (χ1) is 8.16. The van der Waals surface area contributed by atoms with Crippen molar-refractivity contribution >= 4 is 17.6 Å². The maximum Gasteiger partial charge on any atom is 0.303 e. The normalized spacial score (nSPS) is 24.5. The standard InChI is InChI=1S/C13H16ClNO2/c14-11-3-1-9(2-4-11)12-8-15-6-5-10(12)7-13(16)17/h1-4,10,12,15H,5-8H2,(H,16,17). The highest BCUT2D eigenvalue weighted by atomic mass is 35.5. The number of carboxylic acid groups (broad SMARTS) is 1. The van der Waals surface area contributed by atoms with Gasteiger partial charge in [-0.2, -0.15) is 0 Å². The molecule has 1 aromatic carbocycles. The number of halogens is 1. The summed E-state index contributed by atoms with van der Waals surface area (Å²) in [6, 6.07) is 7.72. The Morgan fingerprint density at radius 1 is 1.41 bits per heavy atom. The van der Waals surface area contributed by atoms with E-state index in [4.69, 9.17) is 16.7 Å². The van der Waals surface area contributed by atoms with Crippen molar-refractivity contribution in [3.05, 3.63) is 34.9 Å². The molecule has 1 aliphatic rings. The van der Waals surface area contributed by atoms with Crippen molar-refractivity contribution in [1.29, 1.82) is 0 Å². The number of piperidine rings is 1. The maximum absolute atomic E-state index is 10.9. The average Bonchev–Trinajstić information content (AvgIpc) is 2.30. The van der Waals surface area contributed by atoms with Crippen molar-refractivity contribution in [2.45, 2.75) is 18.8 Å². The van der Waals surface area contributed by atoms with Crippen molar-refractivity contribution < 1.29 is 9.90 Å². The molecule has 0 aromatic heterocycles. The summed E-state index contributed by atoms with van der Waals surface area (Å²) in [6.07, 6.45) is 1.16. The number of nitrogens with one attached hydrogen (secondary N) is 1. The van der Waals surface area contributed by atoms with Crippen molar-refractivity contribution in [1.82, 2.24) is 5.32 Å². The van der Waals surface area contributed by atoms with Gasteiger partial charge in [-0.25, -0.2) is 0 Å². The average molecular weight is 254 g/mol. The van der Waals surface area contributed by atoms with Gasteiger partial charge in [0.15, 0.2) is 0 Å². The molecule has 0 aliphatic carbocycles. The molecular weight excluding hydrogens is 238 g/mol. The second-order valence-corrected chi connectivity index (χ2v) is 4.95. The van der Waals surface area contributed by atoms with E-state index >= 15 is 0 Å². The van der Waals surface area contributed by atoms with Crippen LogP contribution in [0.3, 0.4) is 0 Å². The predicted molar refractivity (Wildman–Crippen MR) is 67.4 cm³/mol. The molecule has 1 aliphatic heterocycles. The summed E-state index contributed by atoms with van der Waals surface area (Å²) in [5.41, 5.74) is 1.17. The molecule has 0 radical (unpaired) electrons. The maximum atomic E-state index is 10.9. The van der Waals surface area contributed by atoms with Crippen LogP contribution in [0.1, 0.15) is 24.3 Å². The van der Waals surface area contributed by atoms with E-state index in [1.807, 2.05) is 24.3 Å². The number of hydrogen-bond donors (Lipinski definition) is 2. The van der Waals surface area contributed by atoms with Crippen LogP contribution in [0.5, 0.6) is 0 Å². The van der Waals surface area contributed by atoms with Crippen LogP contribution >= 0.6 is 11.6 Å². The number of carbonyl (C=O) groups is 1. The van der Waals surface area contributed by atoms with Gasteiger partial charge < -0.3 is 10.4 Å². The Labute approximate surface area is 106 Å². The third-order valence-corrected chi connectivity index (χ3v) is 3.61.